The topological polar surface area (TPSA) is 45.7 Å². The van der Waals surface area contributed by atoms with E-state index in [0.717, 1.165) is 36.3 Å². The van der Waals surface area contributed by atoms with Crippen molar-refractivity contribution in [2.45, 2.75) is 25.5 Å². The van der Waals surface area contributed by atoms with E-state index < -0.39 is 0 Å². The van der Waals surface area contributed by atoms with Gasteiger partial charge in [0.1, 0.15) is 12.4 Å². The molecule has 0 N–H and O–H groups in total. The summed E-state index contributed by atoms with van der Waals surface area (Å²) in [6.07, 6.45) is 3.45. The Kier molecular flexibility index (Phi) is 4.99. The number of rotatable bonds is 4. The zero-order valence-electron chi connectivity index (χ0n) is 14.2. The summed E-state index contributed by atoms with van der Waals surface area (Å²) in [6.45, 7) is 1.02. The van der Waals surface area contributed by atoms with E-state index in [9.17, 15) is 4.79 Å². The fraction of sp³-hybridized carbons (Fsp3) is 0.368. The summed E-state index contributed by atoms with van der Waals surface area (Å²) >= 11 is 0. The van der Waals surface area contributed by atoms with Crippen molar-refractivity contribution < 1.29 is 9.53 Å². The molecule has 0 spiro atoms. The lowest BCUT2D eigenvalue weighted by molar-refractivity contribution is 0.0921. The van der Waals surface area contributed by atoms with Gasteiger partial charge in [-0.15, -0.1) is 0 Å². The molecule has 0 bridgehead atoms. The van der Waals surface area contributed by atoms with Crippen molar-refractivity contribution in [3.63, 3.8) is 0 Å². The quantitative estimate of drug-likeness (QED) is 0.861. The Balaban J connectivity index is 1.72. The first-order chi connectivity index (χ1) is 11.7. The maximum atomic E-state index is 12.6. The Bertz CT molecular complexity index is 688. The molecule has 1 aliphatic heterocycles. The molecule has 3 rings (SSSR count). The zero-order chi connectivity index (χ0) is 16.9. The van der Waals surface area contributed by atoms with Gasteiger partial charge in [-0.1, -0.05) is 36.4 Å². The van der Waals surface area contributed by atoms with E-state index in [1.165, 1.54) is 0 Å². The summed E-state index contributed by atoms with van der Waals surface area (Å²) in [7, 11) is 3.94. The molecular weight excluding hydrogens is 302 g/mol. The normalized spacial score (nSPS) is 16.9. The number of ether oxygens (including phenoxy) is 1. The Labute approximate surface area is 142 Å². The maximum absolute atomic E-state index is 12.6. The molecule has 2 heterocycles. The largest absolute Gasteiger partial charge is 0.445 e. The van der Waals surface area contributed by atoms with Gasteiger partial charge in [0.2, 0.25) is 0 Å². The highest BCUT2D eigenvalue weighted by molar-refractivity contribution is 5.69. The van der Waals surface area contributed by atoms with Crippen molar-refractivity contribution in [1.29, 1.82) is 0 Å². The van der Waals surface area contributed by atoms with E-state index in [0.29, 0.717) is 6.61 Å². The fourth-order valence-corrected chi connectivity index (χ4v) is 3.15. The van der Waals surface area contributed by atoms with Crippen molar-refractivity contribution in [2.24, 2.45) is 0 Å². The van der Waals surface area contributed by atoms with Crippen LogP contribution in [0.1, 0.15) is 30.0 Å². The second-order valence-corrected chi connectivity index (χ2v) is 6.20. The lowest BCUT2D eigenvalue weighted by Gasteiger charge is -2.27. The highest BCUT2D eigenvalue weighted by Crippen LogP contribution is 2.36. The van der Waals surface area contributed by atoms with Gasteiger partial charge < -0.3 is 14.5 Å². The van der Waals surface area contributed by atoms with Crippen LogP contribution in [-0.2, 0) is 11.3 Å². The van der Waals surface area contributed by atoms with Gasteiger partial charge in [0.25, 0.3) is 0 Å². The summed E-state index contributed by atoms with van der Waals surface area (Å²) in [6, 6.07) is 13.8. The van der Waals surface area contributed by atoms with Gasteiger partial charge in [0.15, 0.2) is 0 Å². The minimum Gasteiger partial charge on any atom is -0.445 e. The lowest BCUT2D eigenvalue weighted by atomic mass is 10.1. The molecule has 5 nitrogen and oxygen atoms in total. The molecule has 1 saturated heterocycles. The molecule has 126 valence electrons. The van der Waals surface area contributed by atoms with Crippen molar-refractivity contribution in [3.05, 3.63) is 59.8 Å². The highest BCUT2D eigenvalue weighted by atomic mass is 16.6. The van der Waals surface area contributed by atoms with Gasteiger partial charge in [-0.05, 0) is 24.5 Å². The summed E-state index contributed by atoms with van der Waals surface area (Å²) in [5, 5.41) is 0. The number of benzene rings is 1. The molecule has 1 unspecified atom stereocenters. The molecule has 24 heavy (non-hydrogen) atoms. The fourth-order valence-electron chi connectivity index (χ4n) is 3.15. The van der Waals surface area contributed by atoms with Crippen LogP contribution in [0.15, 0.2) is 48.7 Å². The van der Waals surface area contributed by atoms with Gasteiger partial charge >= 0.3 is 6.09 Å². The predicted octanol–water partition coefficient (Wildman–Crippen LogP) is 3.62. The minimum atomic E-state index is -0.255. The average Bonchev–Trinajstić information content (AvgIpc) is 3.10. The Morgan fingerprint density at radius 3 is 2.79 bits per heavy atom. The maximum Gasteiger partial charge on any atom is 0.410 e. The second kappa shape index (κ2) is 7.34. The molecule has 5 heteroatoms. The van der Waals surface area contributed by atoms with Crippen LogP contribution >= 0.6 is 0 Å². The number of carbonyl (C=O) groups is 1. The van der Waals surface area contributed by atoms with Crippen LogP contribution < -0.4 is 4.90 Å². The van der Waals surface area contributed by atoms with Gasteiger partial charge in [0.05, 0.1) is 6.04 Å². The van der Waals surface area contributed by atoms with E-state index in [2.05, 4.69) is 11.1 Å². The minimum absolute atomic E-state index is 0.0272. The van der Waals surface area contributed by atoms with Gasteiger partial charge in [0, 0.05) is 32.4 Å². The Morgan fingerprint density at radius 1 is 1.25 bits per heavy atom. The molecule has 1 aromatic carbocycles. The van der Waals surface area contributed by atoms with E-state index in [4.69, 9.17) is 4.74 Å². The average molecular weight is 325 g/mol. The number of likely N-dealkylation sites (tertiary alicyclic amines) is 1. The Hall–Kier alpha value is -2.56. The van der Waals surface area contributed by atoms with E-state index in [1.807, 2.05) is 60.3 Å². The molecule has 2 aromatic rings. The van der Waals surface area contributed by atoms with Crippen molar-refractivity contribution in [1.82, 2.24) is 9.88 Å². The van der Waals surface area contributed by atoms with Crippen LogP contribution in [0.25, 0.3) is 0 Å². The number of pyridine rings is 1. The van der Waals surface area contributed by atoms with E-state index in [1.54, 1.807) is 6.20 Å². The van der Waals surface area contributed by atoms with Crippen molar-refractivity contribution in [2.75, 3.05) is 25.5 Å². The third-order valence-electron chi connectivity index (χ3n) is 4.29. The first-order valence-corrected chi connectivity index (χ1v) is 8.26. The summed E-state index contributed by atoms with van der Waals surface area (Å²) in [5.41, 5.74) is 2.08. The van der Waals surface area contributed by atoms with Crippen LogP contribution in [0.3, 0.4) is 0 Å². The summed E-state index contributed by atoms with van der Waals surface area (Å²) < 4.78 is 5.52. The molecule has 1 fully saturated rings. The molecule has 1 atom stereocenters. The van der Waals surface area contributed by atoms with Gasteiger partial charge in [-0.3, -0.25) is 0 Å². The standard InChI is InChI=1S/C19H23N3O2/c1-21(2)18-16(10-6-12-20-18)17-11-7-13-22(17)19(23)24-14-15-8-4-3-5-9-15/h3-6,8-10,12,17H,7,11,13-14H2,1-2H3. The number of nitrogens with zero attached hydrogens (tertiary/aromatic N) is 3. The third kappa shape index (κ3) is 3.50. The van der Waals surface area contributed by atoms with Crippen LogP contribution in [0.2, 0.25) is 0 Å². The van der Waals surface area contributed by atoms with Gasteiger partial charge in [-0.25, -0.2) is 9.78 Å². The molecule has 1 aromatic heterocycles. The first-order valence-electron chi connectivity index (χ1n) is 8.26. The summed E-state index contributed by atoms with van der Waals surface area (Å²) in [4.78, 5) is 20.8. The number of hydrogen-bond acceptors (Lipinski definition) is 4. The molecule has 0 aliphatic carbocycles. The first kappa shape index (κ1) is 16.3. The Morgan fingerprint density at radius 2 is 2.04 bits per heavy atom. The van der Waals surface area contributed by atoms with Crippen LogP contribution in [0.4, 0.5) is 10.6 Å². The number of anilines is 1. The third-order valence-corrected chi connectivity index (χ3v) is 4.29. The van der Waals surface area contributed by atoms with Crippen LogP contribution in [0, 0.1) is 0 Å². The number of carbonyl (C=O) groups excluding carboxylic acids is 1. The molecule has 1 aliphatic rings. The number of aromatic nitrogens is 1. The van der Waals surface area contributed by atoms with Crippen molar-refractivity contribution in [3.8, 4) is 0 Å². The van der Waals surface area contributed by atoms with E-state index in [-0.39, 0.29) is 12.1 Å². The molecular formula is C19H23N3O2. The number of hydrogen-bond donors (Lipinski definition) is 0. The SMILES string of the molecule is CN(C)c1ncccc1C1CCCN1C(=O)OCc1ccccc1. The lowest BCUT2D eigenvalue weighted by Crippen LogP contribution is -2.32. The zero-order valence-corrected chi connectivity index (χ0v) is 14.2. The predicted molar refractivity (Wildman–Crippen MR) is 93.9 cm³/mol. The monoisotopic (exact) mass is 325 g/mol. The smallest absolute Gasteiger partial charge is 0.410 e. The van der Waals surface area contributed by atoms with Crippen molar-refractivity contribution >= 4 is 11.9 Å². The van der Waals surface area contributed by atoms with E-state index >= 15 is 0 Å². The van der Waals surface area contributed by atoms with Gasteiger partial charge in [-0.2, -0.15) is 0 Å². The molecule has 0 saturated carbocycles. The highest BCUT2D eigenvalue weighted by Gasteiger charge is 2.33. The molecule has 1 amide bonds. The summed E-state index contributed by atoms with van der Waals surface area (Å²) in [5.74, 6) is 0.908. The second-order valence-electron chi connectivity index (χ2n) is 6.20. The number of amides is 1. The van der Waals surface area contributed by atoms with Crippen LogP contribution in [-0.4, -0.2) is 36.6 Å². The van der Waals surface area contributed by atoms with Crippen LogP contribution in [0.5, 0.6) is 0 Å². The molecule has 0 radical (unpaired) electrons.